The third kappa shape index (κ3) is 3.49. The Kier molecular flexibility index (Phi) is 4.43. The topological polar surface area (TPSA) is 75.6 Å². The maximum Gasteiger partial charge on any atom is 0.337 e. The molecule has 0 saturated heterocycles. The lowest BCUT2D eigenvalue weighted by Gasteiger charge is -2.30. The molecule has 5 nitrogen and oxygen atoms in total. The number of benzene rings is 1. The molecule has 2 heterocycles. The Labute approximate surface area is 144 Å². The number of aromatic carboxylic acids is 1. The van der Waals surface area contributed by atoms with Crippen molar-refractivity contribution < 1.29 is 19.4 Å². The molecule has 0 atom stereocenters. The zero-order chi connectivity index (χ0) is 17.3. The van der Waals surface area contributed by atoms with Gasteiger partial charge >= 0.3 is 5.97 Å². The van der Waals surface area contributed by atoms with Gasteiger partial charge in [0.05, 0.1) is 24.2 Å². The van der Waals surface area contributed by atoms with Crippen LogP contribution in [0, 0.1) is 0 Å². The first-order valence-corrected chi connectivity index (χ1v) is 8.53. The summed E-state index contributed by atoms with van der Waals surface area (Å²) >= 11 is 1.36. The Balaban J connectivity index is 1.85. The number of hydrogen-bond donors (Lipinski definition) is 2. The second-order valence-corrected chi connectivity index (χ2v) is 7.61. The molecule has 126 valence electrons. The summed E-state index contributed by atoms with van der Waals surface area (Å²) in [6, 6.07) is 9.13. The summed E-state index contributed by atoms with van der Waals surface area (Å²) in [5.41, 5.74) is 1.40. The predicted octanol–water partition coefficient (Wildman–Crippen LogP) is 3.48. The SMILES string of the molecule is CC1(C)Cc2c(sc(CC(=O)Nc3ccccc3)c2C(=O)O)CO1. The van der Waals surface area contributed by atoms with Crippen LogP contribution in [0.4, 0.5) is 5.69 Å². The minimum Gasteiger partial charge on any atom is -0.478 e. The second kappa shape index (κ2) is 6.37. The van der Waals surface area contributed by atoms with E-state index in [-0.39, 0.29) is 23.5 Å². The van der Waals surface area contributed by atoms with Crippen LogP contribution < -0.4 is 5.32 Å². The lowest BCUT2D eigenvalue weighted by atomic mass is 9.92. The minimum atomic E-state index is -0.979. The smallest absolute Gasteiger partial charge is 0.337 e. The Morgan fingerprint density at radius 1 is 1.29 bits per heavy atom. The lowest BCUT2D eigenvalue weighted by Crippen LogP contribution is -2.31. The van der Waals surface area contributed by atoms with Crippen LogP contribution in [0.15, 0.2) is 30.3 Å². The number of fused-ring (bicyclic) bond motifs is 1. The number of carbonyl (C=O) groups is 2. The van der Waals surface area contributed by atoms with Gasteiger partial charge in [-0.15, -0.1) is 11.3 Å². The van der Waals surface area contributed by atoms with Gasteiger partial charge in [-0.2, -0.15) is 0 Å². The zero-order valence-corrected chi connectivity index (χ0v) is 14.4. The summed E-state index contributed by atoms with van der Waals surface area (Å²) in [5.74, 6) is -1.20. The number of hydrogen-bond acceptors (Lipinski definition) is 4. The maximum absolute atomic E-state index is 12.3. The van der Waals surface area contributed by atoms with Gasteiger partial charge in [0.25, 0.3) is 0 Å². The molecule has 0 aliphatic carbocycles. The van der Waals surface area contributed by atoms with Crippen molar-refractivity contribution in [3.63, 3.8) is 0 Å². The van der Waals surface area contributed by atoms with Crippen molar-refractivity contribution >= 4 is 28.9 Å². The van der Waals surface area contributed by atoms with E-state index in [9.17, 15) is 14.7 Å². The van der Waals surface area contributed by atoms with E-state index in [4.69, 9.17) is 4.74 Å². The molecular formula is C18H19NO4S. The molecule has 1 aromatic carbocycles. The minimum absolute atomic E-state index is 0.0502. The van der Waals surface area contributed by atoms with E-state index in [0.29, 0.717) is 23.6 Å². The summed E-state index contributed by atoms with van der Waals surface area (Å²) < 4.78 is 5.76. The summed E-state index contributed by atoms with van der Waals surface area (Å²) in [6.07, 6.45) is 0.593. The van der Waals surface area contributed by atoms with Crippen molar-refractivity contribution in [3.05, 3.63) is 51.2 Å². The van der Waals surface area contributed by atoms with E-state index in [0.717, 1.165) is 10.4 Å². The second-order valence-electron chi connectivity index (χ2n) is 6.42. The lowest BCUT2D eigenvalue weighted by molar-refractivity contribution is -0.115. The van der Waals surface area contributed by atoms with Crippen LogP contribution in [-0.4, -0.2) is 22.6 Å². The molecule has 0 bridgehead atoms. The van der Waals surface area contributed by atoms with Gasteiger partial charge in [0.1, 0.15) is 0 Å². The van der Waals surface area contributed by atoms with Crippen molar-refractivity contribution in [2.24, 2.45) is 0 Å². The Morgan fingerprint density at radius 2 is 2.00 bits per heavy atom. The molecule has 1 aromatic heterocycles. The molecule has 2 aromatic rings. The maximum atomic E-state index is 12.3. The quantitative estimate of drug-likeness (QED) is 0.889. The number of carbonyl (C=O) groups excluding carboxylic acids is 1. The molecule has 0 fully saturated rings. The number of rotatable bonds is 4. The van der Waals surface area contributed by atoms with E-state index in [1.807, 2.05) is 32.0 Å². The summed E-state index contributed by atoms with van der Waals surface area (Å²) in [5, 5.41) is 12.4. The molecule has 0 saturated carbocycles. The molecule has 3 rings (SSSR count). The van der Waals surface area contributed by atoms with Crippen molar-refractivity contribution in [1.29, 1.82) is 0 Å². The predicted molar refractivity (Wildman–Crippen MR) is 92.6 cm³/mol. The van der Waals surface area contributed by atoms with Crippen LogP contribution in [0.5, 0.6) is 0 Å². The molecule has 24 heavy (non-hydrogen) atoms. The van der Waals surface area contributed by atoms with E-state index in [2.05, 4.69) is 5.32 Å². The molecule has 2 N–H and O–H groups in total. The first kappa shape index (κ1) is 16.7. The average molecular weight is 345 g/mol. The van der Waals surface area contributed by atoms with Crippen LogP contribution in [0.2, 0.25) is 0 Å². The normalized spacial score (nSPS) is 15.6. The fraction of sp³-hybridized carbons (Fsp3) is 0.333. The molecular weight excluding hydrogens is 326 g/mol. The van der Waals surface area contributed by atoms with Gasteiger partial charge in [0.2, 0.25) is 5.91 Å². The first-order valence-electron chi connectivity index (χ1n) is 7.71. The van der Waals surface area contributed by atoms with Gasteiger partial charge in [-0.1, -0.05) is 18.2 Å². The van der Waals surface area contributed by atoms with E-state index >= 15 is 0 Å². The first-order chi connectivity index (χ1) is 11.4. The van der Waals surface area contributed by atoms with Crippen LogP contribution >= 0.6 is 11.3 Å². The van der Waals surface area contributed by atoms with Crippen molar-refractivity contribution in [3.8, 4) is 0 Å². The van der Waals surface area contributed by atoms with Crippen molar-refractivity contribution in [2.75, 3.05) is 5.32 Å². The van der Waals surface area contributed by atoms with Gasteiger partial charge in [-0.05, 0) is 31.5 Å². The van der Waals surface area contributed by atoms with E-state index in [1.165, 1.54) is 11.3 Å². The fourth-order valence-corrected chi connectivity index (χ4v) is 4.08. The highest BCUT2D eigenvalue weighted by molar-refractivity contribution is 7.12. The average Bonchev–Trinajstić information content (AvgIpc) is 2.83. The molecule has 0 unspecified atom stereocenters. The Bertz CT molecular complexity index is 780. The van der Waals surface area contributed by atoms with Crippen molar-refractivity contribution in [1.82, 2.24) is 0 Å². The van der Waals surface area contributed by atoms with Crippen LogP contribution in [0.25, 0.3) is 0 Å². The highest BCUT2D eigenvalue weighted by Gasteiger charge is 2.33. The summed E-state index contributed by atoms with van der Waals surface area (Å²) in [7, 11) is 0. The van der Waals surface area contributed by atoms with E-state index in [1.54, 1.807) is 12.1 Å². The number of amides is 1. The number of thiophene rings is 1. The molecule has 6 heteroatoms. The number of carboxylic acid groups (broad SMARTS) is 1. The van der Waals surface area contributed by atoms with Gasteiger partial charge in [0, 0.05) is 21.9 Å². The highest BCUT2D eigenvalue weighted by Crippen LogP contribution is 2.37. The third-order valence-electron chi connectivity index (χ3n) is 3.95. The largest absolute Gasteiger partial charge is 0.478 e. The van der Waals surface area contributed by atoms with Crippen molar-refractivity contribution in [2.45, 2.75) is 38.9 Å². The number of carboxylic acids is 1. The zero-order valence-electron chi connectivity index (χ0n) is 13.6. The molecule has 0 spiro atoms. The molecule has 1 amide bonds. The van der Waals surface area contributed by atoms with Gasteiger partial charge < -0.3 is 15.2 Å². The molecule has 1 aliphatic heterocycles. The Hall–Kier alpha value is -2.18. The van der Waals surface area contributed by atoms with Crippen LogP contribution in [-0.2, 0) is 29.0 Å². The molecule has 0 radical (unpaired) electrons. The fourth-order valence-electron chi connectivity index (χ4n) is 2.86. The molecule has 1 aliphatic rings. The van der Waals surface area contributed by atoms with Gasteiger partial charge in [-0.3, -0.25) is 4.79 Å². The monoisotopic (exact) mass is 345 g/mol. The summed E-state index contributed by atoms with van der Waals surface area (Å²) in [4.78, 5) is 25.5. The number of anilines is 1. The van der Waals surface area contributed by atoms with Gasteiger partial charge in [-0.25, -0.2) is 4.79 Å². The van der Waals surface area contributed by atoms with E-state index < -0.39 is 5.97 Å². The van der Waals surface area contributed by atoms with Gasteiger partial charge in [0.15, 0.2) is 0 Å². The van der Waals surface area contributed by atoms with Crippen LogP contribution in [0.1, 0.15) is 39.5 Å². The number of nitrogens with one attached hydrogen (secondary N) is 1. The van der Waals surface area contributed by atoms with Crippen LogP contribution in [0.3, 0.4) is 0 Å². The third-order valence-corrected chi connectivity index (χ3v) is 5.16. The number of ether oxygens (including phenoxy) is 1. The summed E-state index contributed by atoms with van der Waals surface area (Å²) in [6.45, 7) is 4.29. The highest BCUT2D eigenvalue weighted by atomic mass is 32.1. The number of para-hydroxylation sites is 1. The standard InChI is InChI=1S/C18H19NO4S/c1-18(2)9-12-14(10-23-18)24-13(16(12)17(21)22)8-15(20)19-11-6-4-3-5-7-11/h3-7H,8-10H2,1-2H3,(H,19,20)(H,21,22). The Morgan fingerprint density at radius 3 is 2.67 bits per heavy atom.